The fourth-order valence-corrected chi connectivity index (χ4v) is 2.95. The van der Waals surface area contributed by atoms with E-state index in [1.165, 1.54) is 10.9 Å². The molecule has 2 rings (SSSR count). The maximum absolute atomic E-state index is 12.6. The summed E-state index contributed by atoms with van der Waals surface area (Å²) >= 11 is 0. The number of rotatable bonds is 5. The van der Waals surface area contributed by atoms with Crippen molar-refractivity contribution in [1.29, 1.82) is 0 Å². The summed E-state index contributed by atoms with van der Waals surface area (Å²) in [5.74, 6) is 0.483. The number of carbonyl (C=O) groups is 1. The van der Waals surface area contributed by atoms with Gasteiger partial charge in [-0.15, -0.1) is 0 Å². The van der Waals surface area contributed by atoms with Crippen LogP contribution in [0.25, 0.3) is 0 Å². The van der Waals surface area contributed by atoms with Crippen LogP contribution in [-0.4, -0.2) is 40.3 Å². The van der Waals surface area contributed by atoms with Gasteiger partial charge >= 0.3 is 12.2 Å². The molecular weight excluding hydrogens is 321 g/mol. The molecule has 2 heterocycles. The van der Waals surface area contributed by atoms with E-state index in [2.05, 4.69) is 24.3 Å². The van der Waals surface area contributed by atoms with Gasteiger partial charge in [-0.2, -0.15) is 18.3 Å². The number of carbonyl (C=O) groups excluding carboxylic acids is 1. The highest BCUT2D eigenvalue weighted by Crippen LogP contribution is 2.29. The van der Waals surface area contributed by atoms with Crippen LogP contribution in [0, 0.1) is 5.92 Å². The summed E-state index contributed by atoms with van der Waals surface area (Å²) in [7, 11) is 0. The van der Waals surface area contributed by atoms with Crippen LogP contribution >= 0.6 is 0 Å². The molecule has 136 valence electrons. The topological polar surface area (TPSA) is 50.2 Å². The lowest BCUT2D eigenvalue weighted by Gasteiger charge is -2.32. The summed E-state index contributed by atoms with van der Waals surface area (Å²) in [6.45, 7) is 5.93. The monoisotopic (exact) mass is 346 g/mol. The fourth-order valence-electron chi connectivity index (χ4n) is 2.95. The Morgan fingerprint density at radius 2 is 1.96 bits per heavy atom. The second-order valence-electron chi connectivity index (χ2n) is 6.27. The summed E-state index contributed by atoms with van der Waals surface area (Å²) in [5, 5.41) is 6.58. The number of hydrogen-bond donors (Lipinski definition) is 1. The molecule has 1 aliphatic rings. The predicted octanol–water partition coefficient (Wildman–Crippen LogP) is 3.68. The van der Waals surface area contributed by atoms with Crippen LogP contribution in [-0.2, 0) is 6.18 Å². The van der Waals surface area contributed by atoms with Crippen LogP contribution < -0.4 is 5.32 Å². The van der Waals surface area contributed by atoms with E-state index in [-0.39, 0.29) is 12.1 Å². The van der Waals surface area contributed by atoms with Crippen LogP contribution in [0.3, 0.4) is 0 Å². The predicted molar refractivity (Wildman–Crippen MR) is 84.5 cm³/mol. The Balaban J connectivity index is 1.82. The fraction of sp³-hybridized carbons (Fsp3) is 0.750. The van der Waals surface area contributed by atoms with Gasteiger partial charge in [-0.05, 0) is 24.8 Å². The molecule has 1 aromatic rings. The van der Waals surface area contributed by atoms with Crippen LogP contribution in [0.4, 0.5) is 18.0 Å². The average Bonchev–Trinajstić information content (AvgIpc) is 3.06. The zero-order chi connectivity index (χ0) is 17.7. The second kappa shape index (κ2) is 7.90. The van der Waals surface area contributed by atoms with Gasteiger partial charge in [0.2, 0.25) is 0 Å². The molecule has 1 aromatic heterocycles. The van der Waals surface area contributed by atoms with Gasteiger partial charge in [-0.3, -0.25) is 4.68 Å². The molecule has 0 aliphatic carbocycles. The minimum atomic E-state index is -4.42. The molecular formula is C16H25F3N4O. The van der Waals surface area contributed by atoms with Gasteiger partial charge in [0.15, 0.2) is 5.69 Å². The Labute approximate surface area is 140 Å². The van der Waals surface area contributed by atoms with Crippen LogP contribution in [0.5, 0.6) is 0 Å². The van der Waals surface area contributed by atoms with Crippen molar-refractivity contribution in [2.45, 2.75) is 51.7 Å². The van der Waals surface area contributed by atoms with Crippen molar-refractivity contribution in [3.8, 4) is 0 Å². The molecule has 5 nitrogen and oxygen atoms in total. The van der Waals surface area contributed by atoms with Crippen molar-refractivity contribution >= 4 is 6.03 Å². The third kappa shape index (κ3) is 4.64. The number of aromatic nitrogens is 2. The van der Waals surface area contributed by atoms with E-state index in [4.69, 9.17) is 0 Å². The quantitative estimate of drug-likeness (QED) is 0.884. The van der Waals surface area contributed by atoms with Crippen LogP contribution in [0.15, 0.2) is 12.3 Å². The number of amides is 2. The van der Waals surface area contributed by atoms with Crippen LogP contribution in [0.1, 0.15) is 51.3 Å². The zero-order valence-corrected chi connectivity index (χ0v) is 14.1. The van der Waals surface area contributed by atoms with E-state index >= 15 is 0 Å². The molecule has 0 bridgehead atoms. The highest BCUT2D eigenvalue weighted by atomic mass is 19.4. The number of urea groups is 1. The molecule has 2 amide bonds. The van der Waals surface area contributed by atoms with E-state index in [0.717, 1.165) is 18.9 Å². The highest BCUT2D eigenvalue weighted by Gasteiger charge is 2.34. The Morgan fingerprint density at radius 3 is 2.46 bits per heavy atom. The van der Waals surface area contributed by atoms with Gasteiger partial charge < -0.3 is 10.2 Å². The summed E-state index contributed by atoms with van der Waals surface area (Å²) in [5.41, 5.74) is -0.868. The lowest BCUT2D eigenvalue weighted by atomic mass is 10.0. The molecule has 0 radical (unpaired) electrons. The minimum absolute atomic E-state index is 0.0863. The number of nitrogens with zero attached hydrogens (tertiary/aromatic N) is 3. The van der Waals surface area contributed by atoms with Gasteiger partial charge in [0, 0.05) is 25.8 Å². The number of likely N-dealkylation sites (tertiary alicyclic amines) is 1. The van der Waals surface area contributed by atoms with E-state index < -0.39 is 11.9 Å². The molecule has 0 saturated carbocycles. The van der Waals surface area contributed by atoms with Crippen molar-refractivity contribution in [2.24, 2.45) is 5.92 Å². The number of hydrogen-bond acceptors (Lipinski definition) is 2. The standard InChI is InChI=1S/C16H25F3N4O/c1-3-12(4-2)11-20-15(24)22-8-5-13(6-9-22)23-10-7-14(21-23)16(17,18)19/h7,10,12-13H,3-6,8-9,11H2,1-2H3,(H,20,24). The van der Waals surface area contributed by atoms with Gasteiger partial charge in [0.05, 0.1) is 6.04 Å². The number of nitrogens with one attached hydrogen (secondary N) is 1. The van der Waals surface area contributed by atoms with Crippen molar-refractivity contribution in [1.82, 2.24) is 20.0 Å². The molecule has 0 aromatic carbocycles. The largest absolute Gasteiger partial charge is 0.435 e. The maximum Gasteiger partial charge on any atom is 0.435 e. The molecule has 0 spiro atoms. The van der Waals surface area contributed by atoms with E-state index in [9.17, 15) is 18.0 Å². The average molecular weight is 346 g/mol. The Kier molecular flexibility index (Phi) is 6.12. The first-order chi connectivity index (χ1) is 11.3. The first kappa shape index (κ1) is 18.6. The van der Waals surface area contributed by atoms with E-state index in [1.54, 1.807) is 4.90 Å². The smallest absolute Gasteiger partial charge is 0.338 e. The second-order valence-corrected chi connectivity index (χ2v) is 6.27. The van der Waals surface area contributed by atoms with Crippen molar-refractivity contribution in [2.75, 3.05) is 19.6 Å². The minimum Gasteiger partial charge on any atom is -0.338 e. The molecule has 1 aliphatic heterocycles. The maximum atomic E-state index is 12.6. The lowest BCUT2D eigenvalue weighted by molar-refractivity contribution is -0.141. The summed E-state index contributed by atoms with van der Waals surface area (Å²) < 4.78 is 39.2. The van der Waals surface area contributed by atoms with Crippen LogP contribution in [0.2, 0.25) is 0 Å². The van der Waals surface area contributed by atoms with Gasteiger partial charge in [-0.1, -0.05) is 26.7 Å². The number of halogens is 3. The zero-order valence-electron chi connectivity index (χ0n) is 14.1. The Hall–Kier alpha value is -1.73. The Bertz CT molecular complexity index is 532. The highest BCUT2D eigenvalue weighted by molar-refractivity contribution is 5.74. The third-order valence-corrected chi connectivity index (χ3v) is 4.72. The number of piperidine rings is 1. The van der Waals surface area contributed by atoms with E-state index in [1.807, 2.05) is 0 Å². The molecule has 24 heavy (non-hydrogen) atoms. The lowest BCUT2D eigenvalue weighted by Crippen LogP contribution is -2.45. The SMILES string of the molecule is CCC(CC)CNC(=O)N1CCC(n2ccc(C(F)(F)F)n2)CC1. The third-order valence-electron chi connectivity index (χ3n) is 4.72. The van der Waals surface area contributed by atoms with Gasteiger partial charge in [-0.25, -0.2) is 4.79 Å². The number of alkyl halides is 3. The summed E-state index contributed by atoms with van der Waals surface area (Å²) in [6.07, 6.45) is 0.228. The van der Waals surface area contributed by atoms with Crippen molar-refractivity contribution in [3.63, 3.8) is 0 Å². The normalized spacial score (nSPS) is 16.7. The first-order valence-corrected chi connectivity index (χ1v) is 8.50. The molecule has 1 fully saturated rings. The molecule has 1 N–H and O–H groups in total. The molecule has 0 unspecified atom stereocenters. The molecule has 0 atom stereocenters. The molecule has 8 heteroatoms. The first-order valence-electron chi connectivity index (χ1n) is 8.50. The summed E-state index contributed by atoms with van der Waals surface area (Å²) in [4.78, 5) is 13.9. The Morgan fingerprint density at radius 1 is 1.33 bits per heavy atom. The van der Waals surface area contributed by atoms with E-state index in [0.29, 0.717) is 38.4 Å². The van der Waals surface area contributed by atoms with Crippen molar-refractivity contribution < 1.29 is 18.0 Å². The molecule has 1 saturated heterocycles. The van der Waals surface area contributed by atoms with Crippen molar-refractivity contribution in [3.05, 3.63) is 18.0 Å². The van der Waals surface area contributed by atoms with Gasteiger partial charge in [0.1, 0.15) is 0 Å². The summed E-state index contributed by atoms with van der Waals surface area (Å²) in [6, 6.07) is 0.815. The van der Waals surface area contributed by atoms with Gasteiger partial charge in [0.25, 0.3) is 0 Å².